The molecule has 1 amide bonds. The summed E-state index contributed by atoms with van der Waals surface area (Å²) in [5.41, 5.74) is 4.80. The first-order chi connectivity index (χ1) is 6.29. The standard InChI is InChI=1S/C6H12N2O5S/c1-2-8(3-5(7)9)14(12,13)4-6(10)11/h2-4H2,1H3,(H2,7,9)(H,10,11). The van der Waals surface area contributed by atoms with E-state index >= 15 is 0 Å². The third-order valence-corrected chi connectivity index (χ3v) is 3.17. The number of sulfonamides is 1. The van der Waals surface area contributed by atoms with Crippen LogP contribution in [0.5, 0.6) is 0 Å². The molecule has 0 aromatic carbocycles. The van der Waals surface area contributed by atoms with Crippen molar-refractivity contribution in [3.63, 3.8) is 0 Å². The highest BCUT2D eigenvalue weighted by molar-refractivity contribution is 7.89. The molecule has 0 aromatic heterocycles. The molecular weight excluding hydrogens is 212 g/mol. The Balaban J connectivity index is 4.66. The first kappa shape index (κ1) is 12.8. The van der Waals surface area contributed by atoms with Gasteiger partial charge in [-0.1, -0.05) is 6.92 Å². The molecule has 82 valence electrons. The van der Waals surface area contributed by atoms with Gasteiger partial charge in [-0.05, 0) is 0 Å². The van der Waals surface area contributed by atoms with E-state index in [1.54, 1.807) is 0 Å². The van der Waals surface area contributed by atoms with Gasteiger partial charge in [0.2, 0.25) is 15.9 Å². The zero-order valence-electron chi connectivity index (χ0n) is 7.63. The number of nitrogens with zero attached hydrogens (tertiary/aromatic N) is 1. The predicted molar refractivity (Wildman–Crippen MR) is 47.9 cm³/mol. The summed E-state index contributed by atoms with van der Waals surface area (Å²) in [4.78, 5) is 20.7. The number of aliphatic carboxylic acids is 1. The van der Waals surface area contributed by atoms with Crippen molar-refractivity contribution < 1.29 is 23.1 Å². The van der Waals surface area contributed by atoms with E-state index in [-0.39, 0.29) is 6.54 Å². The normalized spacial score (nSPS) is 11.6. The molecular formula is C6H12N2O5S. The van der Waals surface area contributed by atoms with E-state index < -0.39 is 34.2 Å². The van der Waals surface area contributed by atoms with E-state index in [4.69, 9.17) is 10.8 Å². The number of carbonyl (C=O) groups excluding carboxylic acids is 1. The number of likely N-dealkylation sites (N-methyl/N-ethyl adjacent to an activating group) is 1. The van der Waals surface area contributed by atoms with Crippen molar-refractivity contribution in [3.05, 3.63) is 0 Å². The van der Waals surface area contributed by atoms with Gasteiger partial charge in [0.1, 0.15) is 0 Å². The molecule has 0 aromatic rings. The molecule has 0 saturated carbocycles. The first-order valence-corrected chi connectivity index (χ1v) is 5.38. The molecule has 0 saturated heterocycles. The Bertz CT molecular complexity index is 323. The van der Waals surface area contributed by atoms with Crippen LogP contribution in [-0.4, -0.2) is 48.5 Å². The second kappa shape index (κ2) is 4.91. The Hall–Kier alpha value is -1.15. The van der Waals surface area contributed by atoms with Crippen LogP contribution in [0.4, 0.5) is 0 Å². The van der Waals surface area contributed by atoms with E-state index in [0.717, 1.165) is 4.31 Å². The van der Waals surface area contributed by atoms with Crippen molar-refractivity contribution in [2.24, 2.45) is 5.73 Å². The molecule has 0 radical (unpaired) electrons. The summed E-state index contributed by atoms with van der Waals surface area (Å²) in [5, 5.41) is 8.31. The van der Waals surface area contributed by atoms with E-state index in [0.29, 0.717) is 0 Å². The smallest absolute Gasteiger partial charge is 0.320 e. The van der Waals surface area contributed by atoms with Gasteiger partial charge in [0.15, 0.2) is 5.75 Å². The third-order valence-electron chi connectivity index (χ3n) is 1.38. The molecule has 0 rings (SSSR count). The van der Waals surface area contributed by atoms with E-state index in [9.17, 15) is 18.0 Å². The Morgan fingerprint density at radius 2 is 1.93 bits per heavy atom. The molecule has 3 N–H and O–H groups in total. The van der Waals surface area contributed by atoms with Gasteiger partial charge in [-0.3, -0.25) is 9.59 Å². The largest absolute Gasteiger partial charge is 0.480 e. The van der Waals surface area contributed by atoms with Gasteiger partial charge in [0, 0.05) is 6.54 Å². The first-order valence-electron chi connectivity index (χ1n) is 3.77. The molecule has 0 fully saturated rings. The molecule has 7 nitrogen and oxygen atoms in total. The van der Waals surface area contributed by atoms with Crippen molar-refractivity contribution in [2.45, 2.75) is 6.92 Å². The molecule has 0 atom stereocenters. The lowest BCUT2D eigenvalue weighted by atomic mass is 10.6. The number of carbonyl (C=O) groups is 2. The summed E-state index contributed by atoms with van der Waals surface area (Å²) in [5.74, 6) is -3.32. The number of amides is 1. The highest BCUT2D eigenvalue weighted by atomic mass is 32.2. The SMILES string of the molecule is CCN(CC(N)=O)S(=O)(=O)CC(=O)O. The number of primary amides is 1. The Morgan fingerprint density at radius 3 is 2.21 bits per heavy atom. The quantitative estimate of drug-likeness (QED) is 0.552. The van der Waals surface area contributed by atoms with Crippen molar-refractivity contribution in [1.29, 1.82) is 0 Å². The fourth-order valence-corrected chi connectivity index (χ4v) is 2.04. The highest BCUT2D eigenvalue weighted by Crippen LogP contribution is 2.00. The second-order valence-corrected chi connectivity index (χ2v) is 4.51. The summed E-state index contributed by atoms with van der Waals surface area (Å²) in [7, 11) is -3.93. The van der Waals surface area contributed by atoms with E-state index in [1.807, 2.05) is 0 Å². The summed E-state index contributed by atoms with van der Waals surface area (Å²) >= 11 is 0. The van der Waals surface area contributed by atoms with Crippen LogP contribution < -0.4 is 5.73 Å². The molecule has 14 heavy (non-hydrogen) atoms. The average Bonchev–Trinajstić information content (AvgIpc) is 1.96. The lowest BCUT2D eigenvalue weighted by molar-refractivity contribution is -0.134. The maximum absolute atomic E-state index is 11.2. The summed E-state index contributed by atoms with van der Waals surface area (Å²) < 4.78 is 23.2. The van der Waals surface area contributed by atoms with Crippen LogP contribution in [0.3, 0.4) is 0 Å². The number of rotatable bonds is 6. The van der Waals surface area contributed by atoms with E-state index in [2.05, 4.69) is 0 Å². The summed E-state index contributed by atoms with van der Waals surface area (Å²) in [6.45, 7) is 1.01. The lowest BCUT2D eigenvalue weighted by Gasteiger charge is -2.16. The van der Waals surface area contributed by atoms with Crippen LogP contribution in [-0.2, 0) is 19.6 Å². The van der Waals surface area contributed by atoms with Crippen molar-refractivity contribution >= 4 is 21.9 Å². The van der Waals surface area contributed by atoms with Crippen molar-refractivity contribution in [2.75, 3.05) is 18.8 Å². The van der Waals surface area contributed by atoms with Crippen LogP contribution in [0.15, 0.2) is 0 Å². The number of carboxylic acids is 1. The van der Waals surface area contributed by atoms with Gasteiger partial charge >= 0.3 is 5.97 Å². The maximum Gasteiger partial charge on any atom is 0.320 e. The van der Waals surface area contributed by atoms with Gasteiger partial charge < -0.3 is 10.8 Å². The van der Waals surface area contributed by atoms with Gasteiger partial charge in [0.05, 0.1) is 6.54 Å². The molecule has 0 unspecified atom stereocenters. The third kappa shape index (κ3) is 4.19. The number of nitrogens with two attached hydrogens (primary N) is 1. The van der Waals surface area contributed by atoms with E-state index in [1.165, 1.54) is 6.92 Å². The van der Waals surface area contributed by atoms with Crippen LogP contribution in [0, 0.1) is 0 Å². The average molecular weight is 224 g/mol. The zero-order chi connectivity index (χ0) is 11.4. The Morgan fingerprint density at radius 1 is 1.43 bits per heavy atom. The zero-order valence-corrected chi connectivity index (χ0v) is 8.45. The molecule has 0 bridgehead atoms. The van der Waals surface area contributed by atoms with Crippen LogP contribution >= 0.6 is 0 Å². The monoisotopic (exact) mass is 224 g/mol. The Kier molecular flexibility index (Phi) is 4.51. The maximum atomic E-state index is 11.2. The minimum absolute atomic E-state index is 0.0125. The summed E-state index contributed by atoms with van der Waals surface area (Å²) in [6.07, 6.45) is 0. The molecule has 0 aliphatic heterocycles. The molecule has 8 heteroatoms. The van der Waals surface area contributed by atoms with Crippen molar-refractivity contribution in [3.8, 4) is 0 Å². The fraction of sp³-hybridized carbons (Fsp3) is 0.667. The van der Waals surface area contributed by atoms with Crippen molar-refractivity contribution in [1.82, 2.24) is 4.31 Å². The van der Waals surface area contributed by atoms with Crippen LogP contribution in [0.1, 0.15) is 6.92 Å². The van der Waals surface area contributed by atoms with Gasteiger partial charge in [-0.2, -0.15) is 4.31 Å². The van der Waals surface area contributed by atoms with Gasteiger partial charge in [0.25, 0.3) is 0 Å². The van der Waals surface area contributed by atoms with Gasteiger partial charge in [-0.15, -0.1) is 0 Å². The summed E-state index contributed by atoms with van der Waals surface area (Å²) in [6, 6.07) is 0. The topological polar surface area (TPSA) is 118 Å². The molecule has 0 aliphatic carbocycles. The van der Waals surface area contributed by atoms with Crippen LogP contribution in [0.2, 0.25) is 0 Å². The highest BCUT2D eigenvalue weighted by Gasteiger charge is 2.24. The fourth-order valence-electron chi connectivity index (χ4n) is 0.828. The number of hydrogen-bond donors (Lipinski definition) is 2. The van der Waals surface area contributed by atoms with Crippen LogP contribution in [0.25, 0.3) is 0 Å². The van der Waals surface area contributed by atoms with Gasteiger partial charge in [-0.25, -0.2) is 8.42 Å². The number of carboxylic acid groups (broad SMARTS) is 1. The number of hydrogen-bond acceptors (Lipinski definition) is 4. The molecule has 0 aliphatic rings. The minimum atomic E-state index is -3.93. The lowest BCUT2D eigenvalue weighted by Crippen LogP contribution is -2.40. The molecule has 0 spiro atoms. The second-order valence-electron chi connectivity index (χ2n) is 2.54. The Labute approximate surface area is 81.5 Å². The minimum Gasteiger partial charge on any atom is -0.480 e. The molecule has 0 heterocycles. The predicted octanol–water partition coefficient (Wildman–Crippen LogP) is -1.79.